The van der Waals surface area contributed by atoms with E-state index in [2.05, 4.69) is 6.92 Å². The van der Waals surface area contributed by atoms with Gasteiger partial charge in [0.15, 0.2) is 5.43 Å². The molecule has 1 unspecified atom stereocenters. The summed E-state index contributed by atoms with van der Waals surface area (Å²) in [5.74, 6) is 1.27. The molecule has 37 heavy (non-hydrogen) atoms. The summed E-state index contributed by atoms with van der Waals surface area (Å²) < 4.78 is 17.4. The second-order valence-corrected chi connectivity index (χ2v) is 9.59. The first-order valence-corrected chi connectivity index (χ1v) is 12.7. The molecule has 0 fully saturated rings. The molecule has 4 aromatic rings. The molecule has 1 aromatic heterocycles. The third-order valence-corrected chi connectivity index (χ3v) is 6.85. The lowest BCUT2D eigenvalue weighted by atomic mass is 9.97. The maximum absolute atomic E-state index is 13.9. The van der Waals surface area contributed by atoms with E-state index in [1.54, 1.807) is 12.0 Å². The van der Waals surface area contributed by atoms with Gasteiger partial charge >= 0.3 is 0 Å². The molecule has 0 aliphatic carbocycles. The highest BCUT2D eigenvalue weighted by atomic mass is 16.5. The topological polar surface area (TPSA) is 69.0 Å². The van der Waals surface area contributed by atoms with E-state index in [-0.39, 0.29) is 17.1 Å². The predicted octanol–water partition coefficient (Wildman–Crippen LogP) is 6.34. The number of carbonyl (C=O) groups is 1. The maximum Gasteiger partial charge on any atom is 0.291 e. The molecular formula is C31H31NO5. The lowest BCUT2D eigenvalue weighted by Gasteiger charge is -2.25. The first-order chi connectivity index (χ1) is 17.9. The summed E-state index contributed by atoms with van der Waals surface area (Å²) in [5.41, 5.74) is 4.21. The van der Waals surface area contributed by atoms with Crippen molar-refractivity contribution in [3.63, 3.8) is 0 Å². The van der Waals surface area contributed by atoms with E-state index >= 15 is 0 Å². The minimum absolute atomic E-state index is 0.111. The Balaban J connectivity index is 1.66. The largest absolute Gasteiger partial charge is 0.497 e. The Kier molecular flexibility index (Phi) is 6.74. The molecule has 0 bridgehead atoms. The van der Waals surface area contributed by atoms with Crippen LogP contribution in [0.15, 0.2) is 69.9 Å². The number of hydrogen-bond acceptors (Lipinski definition) is 5. The fraction of sp³-hybridized carbons (Fsp3) is 0.290. The van der Waals surface area contributed by atoms with E-state index < -0.39 is 6.04 Å². The zero-order chi connectivity index (χ0) is 26.1. The second kappa shape index (κ2) is 10.1. The molecule has 1 atom stereocenters. The zero-order valence-corrected chi connectivity index (χ0v) is 21.7. The Morgan fingerprint density at radius 3 is 2.49 bits per heavy atom. The van der Waals surface area contributed by atoms with Gasteiger partial charge in [-0.05, 0) is 72.9 Å². The van der Waals surface area contributed by atoms with Crippen LogP contribution in [0.4, 0.5) is 0 Å². The number of fused-ring (bicyclic) bond motifs is 2. The van der Waals surface area contributed by atoms with Gasteiger partial charge in [0.25, 0.3) is 5.91 Å². The average molecular weight is 498 g/mol. The number of ether oxygens (including phenoxy) is 2. The lowest BCUT2D eigenvalue weighted by molar-refractivity contribution is 0.0714. The fourth-order valence-electron chi connectivity index (χ4n) is 5.02. The third kappa shape index (κ3) is 4.59. The number of amides is 1. The van der Waals surface area contributed by atoms with Crippen molar-refractivity contribution in [2.45, 2.75) is 46.2 Å². The highest BCUT2D eigenvalue weighted by Crippen LogP contribution is 2.40. The summed E-state index contributed by atoms with van der Waals surface area (Å²) in [5, 5.41) is 0.496. The highest BCUT2D eigenvalue weighted by molar-refractivity contribution is 5.99. The number of methoxy groups -OCH3 is 1. The molecule has 0 saturated heterocycles. The highest BCUT2D eigenvalue weighted by Gasteiger charge is 2.43. The zero-order valence-electron chi connectivity index (χ0n) is 21.7. The molecule has 5 rings (SSSR count). The van der Waals surface area contributed by atoms with Gasteiger partial charge in [0, 0.05) is 6.54 Å². The van der Waals surface area contributed by atoms with E-state index in [0.29, 0.717) is 35.4 Å². The molecule has 1 aliphatic heterocycles. The normalized spacial score (nSPS) is 14.8. The predicted molar refractivity (Wildman–Crippen MR) is 144 cm³/mol. The Bertz CT molecular complexity index is 1520. The van der Waals surface area contributed by atoms with Crippen LogP contribution >= 0.6 is 0 Å². The van der Waals surface area contributed by atoms with Gasteiger partial charge in [0.05, 0.1) is 30.7 Å². The van der Waals surface area contributed by atoms with Gasteiger partial charge in [0.1, 0.15) is 17.1 Å². The average Bonchev–Trinajstić information content (AvgIpc) is 3.17. The van der Waals surface area contributed by atoms with Crippen LogP contribution in [-0.2, 0) is 6.54 Å². The first-order valence-electron chi connectivity index (χ1n) is 12.7. The number of hydrogen-bond donors (Lipinski definition) is 0. The van der Waals surface area contributed by atoms with E-state index in [1.807, 2.05) is 74.5 Å². The van der Waals surface area contributed by atoms with Crippen LogP contribution in [-0.4, -0.2) is 24.5 Å². The molecule has 0 saturated carbocycles. The van der Waals surface area contributed by atoms with E-state index in [0.717, 1.165) is 40.8 Å². The Morgan fingerprint density at radius 2 is 1.76 bits per heavy atom. The number of benzene rings is 3. The standard InChI is InChI=1S/C31H31NO5/c1-5-6-14-36-24-9-7-8-22(17-24)27-26-28(33)25-16-19(2)15-20(3)29(25)37-30(26)31(34)32(27)18-21-10-12-23(35-4)13-11-21/h7-13,15-17,27H,5-6,14,18H2,1-4H3. The van der Waals surface area contributed by atoms with Crippen molar-refractivity contribution in [1.29, 1.82) is 0 Å². The van der Waals surface area contributed by atoms with Gasteiger partial charge in [-0.25, -0.2) is 0 Å². The van der Waals surface area contributed by atoms with E-state index in [1.165, 1.54) is 0 Å². The van der Waals surface area contributed by atoms with Gasteiger partial charge in [-0.3, -0.25) is 9.59 Å². The summed E-state index contributed by atoms with van der Waals surface area (Å²) in [7, 11) is 1.62. The van der Waals surface area contributed by atoms with Crippen molar-refractivity contribution in [2.75, 3.05) is 13.7 Å². The van der Waals surface area contributed by atoms with Crippen LogP contribution in [0.25, 0.3) is 11.0 Å². The molecule has 0 N–H and O–H groups in total. The molecule has 2 heterocycles. The van der Waals surface area contributed by atoms with Crippen LogP contribution in [0.5, 0.6) is 11.5 Å². The molecule has 6 nitrogen and oxygen atoms in total. The number of nitrogens with zero attached hydrogens (tertiary/aromatic N) is 1. The van der Waals surface area contributed by atoms with Crippen LogP contribution in [0.1, 0.15) is 64.2 Å². The summed E-state index contributed by atoms with van der Waals surface area (Å²) >= 11 is 0. The van der Waals surface area contributed by atoms with Gasteiger partial charge in [0.2, 0.25) is 5.76 Å². The minimum atomic E-state index is -0.596. The monoisotopic (exact) mass is 497 g/mol. The SMILES string of the molecule is CCCCOc1cccc(C2c3c(oc4c(C)cc(C)cc4c3=O)C(=O)N2Cc2ccc(OC)cc2)c1. The molecular weight excluding hydrogens is 466 g/mol. The molecule has 1 aliphatic rings. The van der Waals surface area contributed by atoms with Crippen molar-refractivity contribution in [3.05, 3.63) is 104 Å². The van der Waals surface area contributed by atoms with E-state index in [9.17, 15) is 9.59 Å². The number of unbranched alkanes of at least 4 members (excludes halogenated alkanes) is 1. The van der Waals surface area contributed by atoms with Crippen molar-refractivity contribution in [3.8, 4) is 11.5 Å². The van der Waals surface area contributed by atoms with Crippen LogP contribution in [0.2, 0.25) is 0 Å². The molecule has 6 heteroatoms. The molecule has 190 valence electrons. The van der Waals surface area contributed by atoms with Crippen LogP contribution < -0.4 is 14.9 Å². The molecule has 0 spiro atoms. The quantitative estimate of drug-likeness (QED) is 0.266. The van der Waals surface area contributed by atoms with Gasteiger partial charge in [-0.15, -0.1) is 0 Å². The molecule has 0 radical (unpaired) electrons. The summed E-state index contributed by atoms with van der Waals surface area (Å²) in [6.07, 6.45) is 1.99. The fourth-order valence-corrected chi connectivity index (χ4v) is 5.02. The minimum Gasteiger partial charge on any atom is -0.497 e. The molecule has 1 amide bonds. The van der Waals surface area contributed by atoms with Crippen LogP contribution in [0, 0.1) is 13.8 Å². The third-order valence-electron chi connectivity index (χ3n) is 6.85. The first kappa shape index (κ1) is 24.6. The van der Waals surface area contributed by atoms with Crippen molar-refractivity contribution >= 4 is 16.9 Å². The summed E-state index contributed by atoms with van der Waals surface area (Å²) in [6.45, 7) is 6.89. The lowest BCUT2D eigenvalue weighted by Crippen LogP contribution is -2.29. The smallest absolute Gasteiger partial charge is 0.291 e. The maximum atomic E-state index is 13.9. The molecule has 3 aromatic carbocycles. The Hall–Kier alpha value is -4.06. The van der Waals surface area contributed by atoms with Gasteiger partial charge in [-0.2, -0.15) is 0 Å². The summed E-state index contributed by atoms with van der Waals surface area (Å²) in [6, 6.07) is 18.5. The van der Waals surface area contributed by atoms with Gasteiger partial charge in [-0.1, -0.05) is 43.7 Å². The summed E-state index contributed by atoms with van der Waals surface area (Å²) in [4.78, 5) is 29.5. The number of carbonyl (C=O) groups excluding carboxylic acids is 1. The van der Waals surface area contributed by atoms with Crippen molar-refractivity contribution < 1.29 is 18.7 Å². The number of rotatable bonds is 8. The van der Waals surface area contributed by atoms with Crippen molar-refractivity contribution in [1.82, 2.24) is 4.90 Å². The van der Waals surface area contributed by atoms with Gasteiger partial charge < -0.3 is 18.8 Å². The number of aryl methyl sites for hydroxylation is 2. The Labute approximate surface area is 216 Å². The van der Waals surface area contributed by atoms with Crippen molar-refractivity contribution in [2.24, 2.45) is 0 Å². The Morgan fingerprint density at radius 1 is 0.973 bits per heavy atom. The van der Waals surface area contributed by atoms with E-state index in [4.69, 9.17) is 13.9 Å². The second-order valence-electron chi connectivity index (χ2n) is 9.59. The van der Waals surface area contributed by atoms with Crippen LogP contribution in [0.3, 0.4) is 0 Å².